The van der Waals surface area contributed by atoms with Crippen LogP contribution in [0.25, 0.3) is 0 Å². The first-order valence-electron chi connectivity index (χ1n) is 4.82. The summed E-state index contributed by atoms with van der Waals surface area (Å²) in [4.78, 5) is 27.8. The molecule has 0 bridgehead atoms. The van der Waals surface area contributed by atoms with Crippen molar-refractivity contribution < 1.29 is 19.0 Å². The molecule has 0 saturated heterocycles. The van der Waals surface area contributed by atoms with E-state index in [1.165, 1.54) is 12.1 Å². The van der Waals surface area contributed by atoms with Crippen molar-refractivity contribution >= 4 is 5.97 Å². The van der Waals surface area contributed by atoms with Gasteiger partial charge in [0.05, 0.1) is 12.4 Å². The second kappa shape index (κ2) is 4.66. The molecule has 0 radical (unpaired) electrons. The number of halogens is 1. The number of aromatic amines is 1. The molecule has 18 heavy (non-hydrogen) atoms. The number of benzene rings is 1. The van der Waals surface area contributed by atoms with Gasteiger partial charge >= 0.3 is 5.97 Å². The number of carbonyl (C=O) groups is 1. The predicted molar refractivity (Wildman–Crippen MR) is 58.3 cm³/mol. The summed E-state index contributed by atoms with van der Waals surface area (Å²) >= 11 is 0. The lowest BCUT2D eigenvalue weighted by atomic mass is 10.2. The average molecular weight is 250 g/mol. The van der Waals surface area contributed by atoms with Crippen molar-refractivity contribution in [2.45, 2.75) is 0 Å². The Kier molecular flexibility index (Phi) is 3.05. The molecule has 0 atom stereocenters. The Bertz CT molecular complexity index is 653. The molecular formula is C11H7FN2O4. The van der Waals surface area contributed by atoms with Crippen LogP contribution in [0.1, 0.15) is 10.4 Å². The lowest BCUT2D eigenvalue weighted by Crippen LogP contribution is -2.07. The van der Waals surface area contributed by atoms with Gasteiger partial charge in [-0.15, -0.1) is 0 Å². The van der Waals surface area contributed by atoms with E-state index in [1.807, 2.05) is 0 Å². The van der Waals surface area contributed by atoms with E-state index in [4.69, 9.17) is 9.84 Å². The number of aromatic nitrogens is 2. The first-order chi connectivity index (χ1) is 8.58. The zero-order chi connectivity index (χ0) is 13.1. The minimum absolute atomic E-state index is 0.119. The van der Waals surface area contributed by atoms with Gasteiger partial charge in [0.15, 0.2) is 0 Å². The molecule has 0 aliphatic rings. The number of hydrogen-bond acceptors (Lipinski definition) is 4. The van der Waals surface area contributed by atoms with Crippen molar-refractivity contribution in [3.05, 3.63) is 52.3 Å². The van der Waals surface area contributed by atoms with E-state index in [0.29, 0.717) is 0 Å². The van der Waals surface area contributed by atoms with Crippen molar-refractivity contribution in [3.8, 4) is 11.6 Å². The Morgan fingerprint density at radius 2 is 2.22 bits per heavy atom. The van der Waals surface area contributed by atoms with Gasteiger partial charge in [-0.3, -0.25) is 4.79 Å². The number of nitrogens with one attached hydrogen (secondary N) is 1. The van der Waals surface area contributed by atoms with Crippen molar-refractivity contribution in [3.63, 3.8) is 0 Å². The van der Waals surface area contributed by atoms with Gasteiger partial charge in [0.25, 0.3) is 5.56 Å². The van der Waals surface area contributed by atoms with Crippen LogP contribution in [0.2, 0.25) is 0 Å². The van der Waals surface area contributed by atoms with Crippen LogP contribution in [0, 0.1) is 5.82 Å². The van der Waals surface area contributed by atoms with Crippen LogP contribution >= 0.6 is 0 Å². The molecule has 1 aromatic carbocycles. The van der Waals surface area contributed by atoms with E-state index in [9.17, 15) is 14.0 Å². The Morgan fingerprint density at radius 1 is 1.44 bits per heavy atom. The molecule has 0 aliphatic carbocycles. The fourth-order valence-corrected chi connectivity index (χ4v) is 1.32. The van der Waals surface area contributed by atoms with Gasteiger partial charge in [0, 0.05) is 0 Å². The zero-order valence-electron chi connectivity index (χ0n) is 8.88. The number of hydrogen-bond donors (Lipinski definition) is 2. The van der Waals surface area contributed by atoms with Crippen LogP contribution in [0.3, 0.4) is 0 Å². The number of ether oxygens (including phenoxy) is 1. The molecule has 2 aromatic rings. The quantitative estimate of drug-likeness (QED) is 0.858. The number of nitrogens with zero attached hydrogens (tertiary/aromatic N) is 1. The average Bonchev–Trinajstić information content (AvgIpc) is 2.28. The highest BCUT2D eigenvalue weighted by Gasteiger charge is 2.17. The van der Waals surface area contributed by atoms with E-state index in [2.05, 4.69) is 9.97 Å². The monoisotopic (exact) mass is 250 g/mol. The van der Waals surface area contributed by atoms with Crippen LogP contribution in [0.15, 0.2) is 35.4 Å². The summed E-state index contributed by atoms with van der Waals surface area (Å²) < 4.78 is 18.4. The van der Waals surface area contributed by atoms with Crippen molar-refractivity contribution in [1.29, 1.82) is 0 Å². The van der Waals surface area contributed by atoms with E-state index >= 15 is 0 Å². The van der Waals surface area contributed by atoms with Gasteiger partial charge in [-0.05, 0) is 12.1 Å². The molecular weight excluding hydrogens is 243 g/mol. The maximum absolute atomic E-state index is 13.3. The highest BCUT2D eigenvalue weighted by molar-refractivity contribution is 5.91. The van der Waals surface area contributed by atoms with Crippen LogP contribution in [-0.4, -0.2) is 21.0 Å². The van der Waals surface area contributed by atoms with Gasteiger partial charge in [-0.25, -0.2) is 14.2 Å². The Hall–Kier alpha value is -2.70. The smallest absolute Gasteiger partial charge is 0.342 e. The van der Waals surface area contributed by atoms with Crippen molar-refractivity contribution in [2.75, 3.05) is 0 Å². The summed E-state index contributed by atoms with van der Waals surface area (Å²) in [6, 6.07) is 4.59. The predicted octanol–water partition coefficient (Wildman–Crippen LogP) is 1.40. The maximum Gasteiger partial charge on any atom is 0.342 e. The molecule has 1 heterocycles. The molecule has 0 unspecified atom stereocenters. The molecule has 7 heteroatoms. The Morgan fingerprint density at radius 3 is 2.89 bits per heavy atom. The summed E-state index contributed by atoms with van der Waals surface area (Å²) in [5.74, 6) is -2.73. The van der Waals surface area contributed by atoms with Crippen LogP contribution < -0.4 is 10.3 Å². The maximum atomic E-state index is 13.3. The van der Waals surface area contributed by atoms with Crippen LogP contribution in [-0.2, 0) is 0 Å². The molecule has 92 valence electrons. The second-order valence-corrected chi connectivity index (χ2v) is 3.27. The highest BCUT2D eigenvalue weighted by Crippen LogP contribution is 2.25. The fraction of sp³-hybridized carbons (Fsp3) is 0. The van der Waals surface area contributed by atoms with E-state index in [-0.39, 0.29) is 11.6 Å². The summed E-state index contributed by atoms with van der Waals surface area (Å²) in [6.45, 7) is 0. The molecule has 0 aliphatic heterocycles. The van der Waals surface area contributed by atoms with Gasteiger partial charge in [-0.1, -0.05) is 6.07 Å². The summed E-state index contributed by atoms with van der Waals surface area (Å²) in [7, 11) is 0. The molecule has 2 N–H and O–H groups in total. The van der Waals surface area contributed by atoms with E-state index < -0.39 is 22.9 Å². The van der Waals surface area contributed by atoms with E-state index in [0.717, 1.165) is 18.5 Å². The number of carboxylic acid groups (broad SMARTS) is 1. The summed E-state index contributed by atoms with van der Waals surface area (Å²) in [6.07, 6.45) is 1.09. The number of aromatic carboxylic acids is 1. The molecule has 0 spiro atoms. The standard InChI is InChI=1S/C11H7FN2O4/c12-6-2-1-3-7(10(6)11(16)17)18-9-4-8(15)13-5-14-9/h1-5H,(H,16,17)(H,13,14,15). The van der Waals surface area contributed by atoms with E-state index in [1.54, 1.807) is 0 Å². The molecule has 2 rings (SSSR count). The molecule has 0 saturated carbocycles. The Labute approximate surface area is 99.7 Å². The zero-order valence-corrected chi connectivity index (χ0v) is 8.88. The van der Waals surface area contributed by atoms with Gasteiger partial charge < -0.3 is 14.8 Å². The minimum Gasteiger partial charge on any atom is -0.477 e. The van der Waals surface area contributed by atoms with Gasteiger partial charge in [-0.2, -0.15) is 0 Å². The molecule has 0 amide bonds. The number of rotatable bonds is 3. The lowest BCUT2D eigenvalue weighted by Gasteiger charge is -2.07. The summed E-state index contributed by atoms with van der Waals surface area (Å²) in [5, 5.41) is 8.87. The third kappa shape index (κ3) is 2.34. The SMILES string of the molecule is O=C(O)c1c(F)cccc1Oc1cc(=O)[nH]cn1. The minimum atomic E-state index is -1.46. The third-order valence-corrected chi connectivity index (χ3v) is 2.06. The molecule has 6 nitrogen and oxygen atoms in total. The van der Waals surface area contributed by atoms with Gasteiger partial charge in [0.2, 0.25) is 5.88 Å². The Balaban J connectivity index is 2.43. The topological polar surface area (TPSA) is 92.3 Å². The first-order valence-corrected chi connectivity index (χ1v) is 4.82. The molecule has 0 fully saturated rings. The fourth-order valence-electron chi connectivity index (χ4n) is 1.32. The third-order valence-electron chi connectivity index (χ3n) is 2.06. The number of H-pyrrole nitrogens is 1. The van der Waals surface area contributed by atoms with Crippen molar-refractivity contribution in [2.24, 2.45) is 0 Å². The van der Waals surface area contributed by atoms with Gasteiger partial charge in [0.1, 0.15) is 17.1 Å². The largest absolute Gasteiger partial charge is 0.477 e. The van der Waals surface area contributed by atoms with Crippen molar-refractivity contribution in [1.82, 2.24) is 9.97 Å². The highest BCUT2D eigenvalue weighted by atomic mass is 19.1. The number of carboxylic acids is 1. The second-order valence-electron chi connectivity index (χ2n) is 3.27. The normalized spacial score (nSPS) is 10.1. The molecule has 1 aromatic heterocycles. The van der Waals surface area contributed by atoms with Crippen LogP contribution in [0.4, 0.5) is 4.39 Å². The lowest BCUT2D eigenvalue weighted by molar-refractivity contribution is 0.0689. The van der Waals surface area contributed by atoms with Crippen LogP contribution in [0.5, 0.6) is 11.6 Å². The first kappa shape index (κ1) is 11.8. The summed E-state index contributed by atoms with van der Waals surface area (Å²) in [5.41, 5.74) is -1.08.